The highest BCUT2D eigenvalue weighted by molar-refractivity contribution is 5.92. The number of rotatable bonds is 13. The monoisotopic (exact) mass is 433 g/mol. The van der Waals surface area contributed by atoms with Gasteiger partial charge in [-0.05, 0) is 26.2 Å². The Morgan fingerprint density at radius 2 is 1.10 bits per heavy atom. The maximum absolute atomic E-state index is 11.9. The SMILES string of the molecule is CCOC(=O)/C=C/C(=O)OCC(CC(CC)CC)OC(=O)/C=C/C(=O)OCC.[Cl-]. The van der Waals surface area contributed by atoms with Crippen LogP contribution in [-0.2, 0) is 38.1 Å². The molecule has 166 valence electrons. The molecule has 1 unspecified atom stereocenters. The fourth-order valence-corrected chi connectivity index (χ4v) is 2.22. The summed E-state index contributed by atoms with van der Waals surface area (Å²) in [6.45, 7) is 7.57. The van der Waals surface area contributed by atoms with E-state index in [1.165, 1.54) is 0 Å². The first-order valence-electron chi connectivity index (χ1n) is 9.43. The molecular formula is C20H30ClO8-. The number of esters is 4. The molecule has 0 aromatic carbocycles. The molecule has 0 radical (unpaired) electrons. The molecule has 0 rings (SSSR count). The number of carbonyl (C=O) groups is 4. The number of hydrogen-bond acceptors (Lipinski definition) is 8. The second kappa shape index (κ2) is 17.7. The minimum Gasteiger partial charge on any atom is -1.00 e. The van der Waals surface area contributed by atoms with Crippen molar-refractivity contribution in [3.63, 3.8) is 0 Å². The van der Waals surface area contributed by atoms with Crippen LogP contribution in [0, 0.1) is 5.92 Å². The Kier molecular flexibility index (Phi) is 17.6. The minimum absolute atomic E-state index is 0. The average Bonchev–Trinajstić information content (AvgIpc) is 2.67. The van der Waals surface area contributed by atoms with Crippen LogP contribution in [0.1, 0.15) is 47.0 Å². The van der Waals surface area contributed by atoms with E-state index in [1.54, 1.807) is 13.8 Å². The molecule has 0 amide bonds. The summed E-state index contributed by atoms with van der Waals surface area (Å²) in [5, 5.41) is 0. The van der Waals surface area contributed by atoms with E-state index in [0.29, 0.717) is 6.42 Å². The first-order chi connectivity index (χ1) is 13.4. The van der Waals surface area contributed by atoms with Gasteiger partial charge in [0.2, 0.25) is 0 Å². The van der Waals surface area contributed by atoms with Crippen molar-refractivity contribution < 1.29 is 50.5 Å². The lowest BCUT2D eigenvalue weighted by Gasteiger charge is -2.21. The summed E-state index contributed by atoms with van der Waals surface area (Å²) in [6.07, 6.45) is 5.45. The number of carbonyl (C=O) groups excluding carboxylic acids is 4. The highest BCUT2D eigenvalue weighted by atomic mass is 35.5. The van der Waals surface area contributed by atoms with Crippen molar-refractivity contribution >= 4 is 23.9 Å². The van der Waals surface area contributed by atoms with Crippen molar-refractivity contribution in [2.24, 2.45) is 5.92 Å². The van der Waals surface area contributed by atoms with Crippen LogP contribution in [0.15, 0.2) is 24.3 Å². The molecule has 0 heterocycles. The van der Waals surface area contributed by atoms with Crippen molar-refractivity contribution in [1.29, 1.82) is 0 Å². The van der Waals surface area contributed by atoms with E-state index in [4.69, 9.17) is 14.2 Å². The van der Waals surface area contributed by atoms with Crippen LogP contribution < -0.4 is 12.4 Å². The van der Waals surface area contributed by atoms with Gasteiger partial charge in [0.25, 0.3) is 0 Å². The zero-order valence-electron chi connectivity index (χ0n) is 17.4. The third kappa shape index (κ3) is 15.3. The van der Waals surface area contributed by atoms with Gasteiger partial charge in [0.15, 0.2) is 0 Å². The van der Waals surface area contributed by atoms with E-state index in [2.05, 4.69) is 4.74 Å². The molecule has 0 aliphatic carbocycles. The smallest absolute Gasteiger partial charge is 0.331 e. The van der Waals surface area contributed by atoms with Gasteiger partial charge in [-0.3, -0.25) is 0 Å². The van der Waals surface area contributed by atoms with Crippen LogP contribution in [-0.4, -0.2) is 49.8 Å². The fraction of sp³-hybridized carbons (Fsp3) is 0.600. The summed E-state index contributed by atoms with van der Waals surface area (Å²) in [5.74, 6) is -2.50. The highest BCUT2D eigenvalue weighted by Crippen LogP contribution is 2.17. The molecule has 0 N–H and O–H groups in total. The van der Waals surface area contributed by atoms with Crippen LogP contribution in [0.2, 0.25) is 0 Å². The van der Waals surface area contributed by atoms with E-state index < -0.39 is 30.0 Å². The van der Waals surface area contributed by atoms with E-state index in [-0.39, 0.29) is 38.1 Å². The van der Waals surface area contributed by atoms with Crippen LogP contribution in [0.5, 0.6) is 0 Å². The van der Waals surface area contributed by atoms with Crippen molar-refractivity contribution in [1.82, 2.24) is 0 Å². The van der Waals surface area contributed by atoms with E-state index in [9.17, 15) is 19.2 Å². The van der Waals surface area contributed by atoms with Gasteiger partial charge in [-0.2, -0.15) is 0 Å². The van der Waals surface area contributed by atoms with Gasteiger partial charge in [0.1, 0.15) is 12.7 Å². The van der Waals surface area contributed by atoms with Gasteiger partial charge in [0.05, 0.1) is 13.2 Å². The van der Waals surface area contributed by atoms with E-state index in [0.717, 1.165) is 37.1 Å². The van der Waals surface area contributed by atoms with Crippen LogP contribution in [0.4, 0.5) is 0 Å². The first-order valence-corrected chi connectivity index (χ1v) is 9.43. The summed E-state index contributed by atoms with van der Waals surface area (Å²) in [6, 6.07) is 0. The zero-order chi connectivity index (χ0) is 21.4. The number of ether oxygens (including phenoxy) is 4. The first kappa shape index (κ1) is 28.9. The Balaban J connectivity index is 0. The summed E-state index contributed by atoms with van der Waals surface area (Å²) in [5.41, 5.74) is 0. The Morgan fingerprint density at radius 1 is 0.690 bits per heavy atom. The van der Waals surface area contributed by atoms with Crippen LogP contribution in [0.25, 0.3) is 0 Å². The van der Waals surface area contributed by atoms with Gasteiger partial charge in [-0.15, -0.1) is 0 Å². The standard InChI is InChI=1S/C20H30O8.ClH/c1-5-15(6-2)13-16(28-20(24)12-11-18(22)26-8-4)14-27-19(23)10-9-17(21)25-7-3;/h9-12,15-16H,5-8,13-14H2,1-4H3;1H/p-1/b10-9+,12-11+;. The molecule has 0 aromatic heterocycles. The topological polar surface area (TPSA) is 105 Å². The number of hydrogen-bond donors (Lipinski definition) is 0. The van der Waals surface area contributed by atoms with Gasteiger partial charge in [-0.25, -0.2) is 19.2 Å². The van der Waals surface area contributed by atoms with Crippen LogP contribution >= 0.6 is 0 Å². The summed E-state index contributed by atoms with van der Waals surface area (Å²) < 4.78 is 19.7. The van der Waals surface area contributed by atoms with Crippen molar-refractivity contribution in [2.75, 3.05) is 19.8 Å². The third-order valence-corrected chi connectivity index (χ3v) is 3.73. The van der Waals surface area contributed by atoms with Gasteiger partial charge in [-0.1, -0.05) is 26.7 Å². The molecule has 0 fully saturated rings. The molecule has 29 heavy (non-hydrogen) atoms. The molecule has 0 aromatic rings. The normalized spacial score (nSPS) is 11.8. The summed E-state index contributed by atoms with van der Waals surface area (Å²) in [4.78, 5) is 46.1. The predicted octanol–water partition coefficient (Wildman–Crippen LogP) is -0.490. The molecule has 8 nitrogen and oxygen atoms in total. The third-order valence-electron chi connectivity index (χ3n) is 3.73. The molecule has 0 saturated heterocycles. The van der Waals surface area contributed by atoms with Crippen molar-refractivity contribution in [3.8, 4) is 0 Å². The summed E-state index contributed by atoms with van der Waals surface area (Å²) >= 11 is 0. The highest BCUT2D eigenvalue weighted by Gasteiger charge is 2.19. The second-order valence-corrected chi connectivity index (χ2v) is 5.78. The lowest BCUT2D eigenvalue weighted by molar-refractivity contribution is -0.154. The molecule has 0 aliphatic heterocycles. The minimum atomic E-state index is -0.749. The largest absolute Gasteiger partial charge is 1.00 e. The van der Waals surface area contributed by atoms with Gasteiger partial charge < -0.3 is 31.4 Å². The van der Waals surface area contributed by atoms with Crippen molar-refractivity contribution in [3.05, 3.63) is 24.3 Å². The Labute approximate surface area is 178 Å². The van der Waals surface area contributed by atoms with E-state index in [1.807, 2.05) is 13.8 Å². The second-order valence-electron chi connectivity index (χ2n) is 5.78. The van der Waals surface area contributed by atoms with Gasteiger partial charge in [0, 0.05) is 24.3 Å². The molecule has 0 spiro atoms. The maximum atomic E-state index is 11.9. The zero-order valence-corrected chi connectivity index (χ0v) is 18.1. The fourth-order valence-electron chi connectivity index (χ4n) is 2.22. The molecule has 0 bridgehead atoms. The molecule has 0 saturated carbocycles. The Hall–Kier alpha value is -2.35. The molecule has 0 aliphatic rings. The molecular weight excluding hydrogens is 404 g/mol. The van der Waals surface area contributed by atoms with Crippen molar-refractivity contribution in [2.45, 2.75) is 53.1 Å². The maximum Gasteiger partial charge on any atom is 0.331 e. The molecule has 9 heteroatoms. The predicted molar refractivity (Wildman–Crippen MR) is 101 cm³/mol. The Bertz CT molecular complexity index is 567. The van der Waals surface area contributed by atoms with Crippen LogP contribution in [0.3, 0.4) is 0 Å². The Morgan fingerprint density at radius 3 is 1.52 bits per heavy atom. The average molecular weight is 434 g/mol. The lowest BCUT2D eigenvalue weighted by atomic mass is 9.96. The van der Waals surface area contributed by atoms with Gasteiger partial charge >= 0.3 is 23.9 Å². The lowest BCUT2D eigenvalue weighted by Crippen LogP contribution is -3.00. The quantitative estimate of drug-likeness (QED) is 0.218. The molecule has 1 atom stereocenters. The van der Waals surface area contributed by atoms with E-state index >= 15 is 0 Å². The summed E-state index contributed by atoms with van der Waals surface area (Å²) in [7, 11) is 0. The number of halogens is 1.